The summed E-state index contributed by atoms with van der Waals surface area (Å²) in [5.74, 6) is 0.443. The molecule has 2 aromatic rings. The standard InChI is InChI=1S/C19H21ClN6O3/c1-19(2,24-25-21)14-8-23-17(13-7-22-16(20)6-12(13)14)29-11-9-26(10-11)18(27)15-4-3-5-28-15/h6-8,11,15H,3-5,9-10H2,1-2H3/t15-/m0/s1. The fourth-order valence-corrected chi connectivity index (χ4v) is 3.82. The molecule has 0 radical (unpaired) electrons. The lowest BCUT2D eigenvalue weighted by Crippen LogP contribution is -2.58. The Morgan fingerprint density at radius 3 is 2.86 bits per heavy atom. The maximum Gasteiger partial charge on any atom is 0.251 e. The van der Waals surface area contributed by atoms with E-state index >= 15 is 0 Å². The number of amides is 1. The van der Waals surface area contributed by atoms with E-state index in [0.717, 1.165) is 23.8 Å². The van der Waals surface area contributed by atoms with Crippen LogP contribution in [0, 0.1) is 0 Å². The molecule has 0 aromatic carbocycles. The number of fused-ring (bicyclic) bond motifs is 1. The van der Waals surface area contributed by atoms with Gasteiger partial charge in [0.2, 0.25) is 5.88 Å². The second-order valence-electron chi connectivity index (χ2n) is 7.76. The van der Waals surface area contributed by atoms with Crippen molar-refractivity contribution in [3.05, 3.63) is 39.6 Å². The van der Waals surface area contributed by atoms with Crippen LogP contribution in [0.5, 0.6) is 5.88 Å². The molecule has 4 heterocycles. The summed E-state index contributed by atoms with van der Waals surface area (Å²) in [4.78, 5) is 25.6. The van der Waals surface area contributed by atoms with Crippen LogP contribution in [-0.4, -0.2) is 52.7 Å². The molecule has 2 aliphatic rings. The molecule has 2 aliphatic heterocycles. The van der Waals surface area contributed by atoms with Gasteiger partial charge < -0.3 is 14.4 Å². The second kappa shape index (κ2) is 7.67. The van der Waals surface area contributed by atoms with Crippen molar-refractivity contribution in [2.45, 2.75) is 44.4 Å². The van der Waals surface area contributed by atoms with E-state index in [1.54, 1.807) is 37.2 Å². The minimum atomic E-state index is -0.815. The molecule has 0 aliphatic carbocycles. The van der Waals surface area contributed by atoms with Crippen LogP contribution < -0.4 is 4.74 Å². The smallest absolute Gasteiger partial charge is 0.251 e. The molecular weight excluding hydrogens is 396 g/mol. The van der Waals surface area contributed by atoms with Crippen LogP contribution in [0.1, 0.15) is 32.3 Å². The van der Waals surface area contributed by atoms with Crippen LogP contribution >= 0.6 is 11.6 Å². The van der Waals surface area contributed by atoms with Crippen LogP contribution in [0.25, 0.3) is 21.2 Å². The predicted octanol–water partition coefficient (Wildman–Crippen LogP) is 3.60. The molecule has 152 valence electrons. The van der Waals surface area contributed by atoms with Gasteiger partial charge in [0.25, 0.3) is 5.91 Å². The van der Waals surface area contributed by atoms with E-state index < -0.39 is 5.54 Å². The van der Waals surface area contributed by atoms with Gasteiger partial charge in [0.15, 0.2) is 0 Å². The average molecular weight is 417 g/mol. The lowest BCUT2D eigenvalue weighted by atomic mass is 9.93. The predicted molar refractivity (Wildman–Crippen MR) is 107 cm³/mol. The summed E-state index contributed by atoms with van der Waals surface area (Å²) in [6.45, 7) is 5.25. The van der Waals surface area contributed by atoms with E-state index in [-0.39, 0.29) is 18.1 Å². The van der Waals surface area contributed by atoms with Crippen molar-refractivity contribution in [1.29, 1.82) is 0 Å². The molecule has 0 unspecified atom stereocenters. The van der Waals surface area contributed by atoms with Crippen LogP contribution in [0.15, 0.2) is 23.6 Å². The number of carbonyl (C=O) groups excluding carboxylic acids is 1. The first-order chi connectivity index (χ1) is 13.9. The number of likely N-dealkylation sites (tertiary alicyclic amines) is 1. The van der Waals surface area contributed by atoms with E-state index in [1.807, 2.05) is 0 Å². The first kappa shape index (κ1) is 19.7. The molecule has 2 saturated heterocycles. The SMILES string of the molecule is CC(C)(N=[N+]=[N-])c1cnc(OC2CN(C(=O)[C@@H]3CCCO3)C2)c2cnc(Cl)cc12. The Morgan fingerprint density at radius 1 is 1.38 bits per heavy atom. The highest BCUT2D eigenvalue weighted by atomic mass is 35.5. The number of azide groups is 1. The number of pyridine rings is 2. The first-order valence-electron chi connectivity index (χ1n) is 9.47. The zero-order chi connectivity index (χ0) is 20.6. The summed E-state index contributed by atoms with van der Waals surface area (Å²) < 4.78 is 11.5. The third-order valence-corrected chi connectivity index (χ3v) is 5.51. The Labute approximate surface area is 172 Å². The number of rotatable bonds is 5. The van der Waals surface area contributed by atoms with Crippen molar-refractivity contribution in [3.63, 3.8) is 0 Å². The molecule has 0 N–H and O–H groups in total. The number of halogens is 1. The minimum absolute atomic E-state index is 0.0279. The van der Waals surface area contributed by atoms with Gasteiger partial charge in [0, 0.05) is 23.9 Å². The van der Waals surface area contributed by atoms with Crippen molar-refractivity contribution in [3.8, 4) is 5.88 Å². The Kier molecular flexibility index (Phi) is 5.21. The molecule has 4 rings (SSSR count). The van der Waals surface area contributed by atoms with E-state index in [1.165, 1.54) is 0 Å². The Bertz CT molecular complexity index is 995. The van der Waals surface area contributed by atoms with Gasteiger partial charge in [-0.1, -0.05) is 30.6 Å². The van der Waals surface area contributed by atoms with Gasteiger partial charge in [0.1, 0.15) is 17.4 Å². The maximum atomic E-state index is 12.4. The molecule has 29 heavy (non-hydrogen) atoms. The van der Waals surface area contributed by atoms with Crippen molar-refractivity contribution < 1.29 is 14.3 Å². The number of hydrogen-bond acceptors (Lipinski definition) is 6. The molecule has 0 saturated carbocycles. The summed E-state index contributed by atoms with van der Waals surface area (Å²) in [5.41, 5.74) is 8.80. The third kappa shape index (κ3) is 3.81. The van der Waals surface area contributed by atoms with Crippen molar-refractivity contribution >= 4 is 28.3 Å². The fraction of sp³-hybridized carbons (Fsp3) is 0.526. The lowest BCUT2D eigenvalue weighted by molar-refractivity contribution is -0.149. The minimum Gasteiger partial charge on any atom is -0.470 e. The number of nitrogens with zero attached hydrogens (tertiary/aromatic N) is 6. The highest BCUT2D eigenvalue weighted by molar-refractivity contribution is 6.30. The number of carbonyl (C=O) groups is 1. The van der Waals surface area contributed by atoms with Gasteiger partial charge in [-0.2, -0.15) is 0 Å². The van der Waals surface area contributed by atoms with Crippen LogP contribution in [-0.2, 0) is 15.1 Å². The second-order valence-corrected chi connectivity index (χ2v) is 8.15. The van der Waals surface area contributed by atoms with Crippen molar-refractivity contribution in [2.24, 2.45) is 5.11 Å². The summed E-state index contributed by atoms with van der Waals surface area (Å²) in [7, 11) is 0. The normalized spacial score (nSPS) is 19.7. The highest BCUT2D eigenvalue weighted by Crippen LogP contribution is 2.36. The Hall–Kier alpha value is -2.61. The van der Waals surface area contributed by atoms with E-state index in [2.05, 4.69) is 20.0 Å². The molecule has 9 nitrogen and oxygen atoms in total. The lowest BCUT2D eigenvalue weighted by Gasteiger charge is -2.39. The largest absolute Gasteiger partial charge is 0.470 e. The number of hydrogen-bond donors (Lipinski definition) is 0. The monoisotopic (exact) mass is 416 g/mol. The quantitative estimate of drug-likeness (QED) is 0.320. The molecule has 1 atom stereocenters. The summed E-state index contributed by atoms with van der Waals surface area (Å²) >= 11 is 6.10. The van der Waals surface area contributed by atoms with Crippen molar-refractivity contribution in [1.82, 2.24) is 14.9 Å². The van der Waals surface area contributed by atoms with Crippen LogP contribution in [0.4, 0.5) is 0 Å². The summed E-state index contributed by atoms with van der Waals surface area (Å²) in [6, 6.07) is 1.71. The van der Waals surface area contributed by atoms with Crippen molar-refractivity contribution in [2.75, 3.05) is 19.7 Å². The molecule has 10 heteroatoms. The third-order valence-electron chi connectivity index (χ3n) is 5.30. The Morgan fingerprint density at radius 2 is 2.17 bits per heavy atom. The molecule has 0 spiro atoms. The van der Waals surface area contributed by atoms with Gasteiger partial charge in [-0.25, -0.2) is 9.97 Å². The van der Waals surface area contributed by atoms with E-state index in [9.17, 15) is 4.79 Å². The summed E-state index contributed by atoms with van der Waals surface area (Å²) in [6.07, 6.45) is 4.47. The van der Waals surface area contributed by atoms with Gasteiger partial charge in [-0.3, -0.25) is 4.79 Å². The average Bonchev–Trinajstić information content (AvgIpc) is 3.18. The fourth-order valence-electron chi connectivity index (χ4n) is 3.66. The van der Waals surface area contributed by atoms with E-state index in [0.29, 0.717) is 36.1 Å². The van der Waals surface area contributed by atoms with Gasteiger partial charge >= 0.3 is 0 Å². The zero-order valence-corrected chi connectivity index (χ0v) is 17.0. The number of ether oxygens (including phenoxy) is 2. The first-order valence-corrected chi connectivity index (χ1v) is 9.85. The maximum absolute atomic E-state index is 12.4. The highest BCUT2D eigenvalue weighted by Gasteiger charge is 2.38. The van der Waals surface area contributed by atoms with E-state index in [4.69, 9.17) is 26.6 Å². The molecule has 2 fully saturated rings. The van der Waals surface area contributed by atoms with Gasteiger partial charge in [0.05, 0.1) is 24.0 Å². The zero-order valence-electron chi connectivity index (χ0n) is 16.2. The molecule has 2 aromatic heterocycles. The molecular formula is C19H21ClN6O3. The topological polar surface area (TPSA) is 113 Å². The van der Waals surface area contributed by atoms with Gasteiger partial charge in [-0.05, 0) is 35.4 Å². The van der Waals surface area contributed by atoms with Crippen LogP contribution in [0.2, 0.25) is 5.15 Å². The molecule has 0 bridgehead atoms. The van der Waals surface area contributed by atoms with Crippen LogP contribution in [0.3, 0.4) is 0 Å². The van der Waals surface area contributed by atoms with Gasteiger partial charge in [-0.15, -0.1) is 0 Å². The molecule has 1 amide bonds. The number of aromatic nitrogens is 2. The summed E-state index contributed by atoms with van der Waals surface area (Å²) in [5, 5.41) is 5.64. The Balaban J connectivity index is 1.55.